The summed E-state index contributed by atoms with van der Waals surface area (Å²) in [6.07, 6.45) is -1.68. The maximum Gasteiger partial charge on any atom is 0.453 e. The number of aromatic nitrogens is 4. The van der Waals surface area contributed by atoms with Crippen LogP contribution in [0.2, 0.25) is 0 Å². The van der Waals surface area contributed by atoms with Crippen LogP contribution in [0, 0.1) is 0 Å². The lowest BCUT2D eigenvalue weighted by atomic mass is 10.1. The standard InChI is InChI=1S/C9H10F3N5O/c10-9(11,12)7-15-8-14-3-5(4-17(8)16-7)6(13)1-2-18/h3-4,6,18H,1-2,13H2. The summed E-state index contributed by atoms with van der Waals surface area (Å²) >= 11 is 0. The third-order valence-electron chi connectivity index (χ3n) is 2.34. The molecular formula is C9H10F3N5O. The van der Waals surface area contributed by atoms with Gasteiger partial charge in [0.25, 0.3) is 11.6 Å². The van der Waals surface area contributed by atoms with Crippen molar-refractivity contribution in [2.45, 2.75) is 18.6 Å². The lowest BCUT2D eigenvalue weighted by Gasteiger charge is -2.08. The molecule has 2 aromatic heterocycles. The molecule has 0 saturated carbocycles. The Balaban J connectivity index is 2.40. The van der Waals surface area contributed by atoms with Gasteiger partial charge in [-0.1, -0.05) is 0 Å². The summed E-state index contributed by atoms with van der Waals surface area (Å²) in [5, 5.41) is 12.0. The predicted octanol–water partition coefficient (Wildman–Crippen LogP) is 0.525. The zero-order valence-corrected chi connectivity index (χ0v) is 9.09. The molecule has 0 aromatic carbocycles. The SMILES string of the molecule is NC(CCO)c1cnc2nc(C(F)(F)F)nn2c1. The summed E-state index contributed by atoms with van der Waals surface area (Å²) < 4.78 is 38.1. The zero-order valence-electron chi connectivity index (χ0n) is 9.09. The van der Waals surface area contributed by atoms with Gasteiger partial charge in [0.15, 0.2) is 0 Å². The van der Waals surface area contributed by atoms with Crippen LogP contribution in [0.5, 0.6) is 0 Å². The van der Waals surface area contributed by atoms with E-state index in [2.05, 4.69) is 15.1 Å². The second-order valence-corrected chi connectivity index (χ2v) is 3.68. The van der Waals surface area contributed by atoms with Gasteiger partial charge in [-0.3, -0.25) is 0 Å². The molecule has 0 fully saturated rings. The Morgan fingerprint density at radius 2 is 2.17 bits per heavy atom. The molecule has 98 valence electrons. The van der Waals surface area contributed by atoms with Crippen molar-refractivity contribution in [3.63, 3.8) is 0 Å². The van der Waals surface area contributed by atoms with Gasteiger partial charge in [-0.05, 0) is 6.42 Å². The predicted molar refractivity (Wildman–Crippen MR) is 54.4 cm³/mol. The number of hydrogen-bond donors (Lipinski definition) is 2. The van der Waals surface area contributed by atoms with E-state index in [9.17, 15) is 13.2 Å². The van der Waals surface area contributed by atoms with E-state index in [1.54, 1.807) is 0 Å². The Bertz CT molecular complexity index is 553. The Kier molecular flexibility index (Phi) is 3.18. The third kappa shape index (κ3) is 2.41. The van der Waals surface area contributed by atoms with Crippen LogP contribution in [0.1, 0.15) is 23.9 Å². The average Bonchev–Trinajstić information content (AvgIpc) is 2.71. The lowest BCUT2D eigenvalue weighted by molar-refractivity contribution is -0.144. The fourth-order valence-electron chi connectivity index (χ4n) is 1.41. The molecule has 0 aliphatic rings. The molecule has 6 nitrogen and oxygen atoms in total. The Morgan fingerprint density at radius 1 is 1.44 bits per heavy atom. The minimum Gasteiger partial charge on any atom is -0.396 e. The van der Waals surface area contributed by atoms with Crippen LogP contribution in [-0.2, 0) is 6.18 Å². The normalized spacial score (nSPS) is 14.1. The second-order valence-electron chi connectivity index (χ2n) is 3.68. The van der Waals surface area contributed by atoms with Gasteiger partial charge in [-0.15, -0.1) is 5.10 Å². The molecule has 0 aliphatic carbocycles. The Labute approximate surface area is 99.3 Å². The number of aliphatic hydroxyl groups is 1. The number of halogens is 3. The van der Waals surface area contributed by atoms with Gasteiger partial charge in [0.1, 0.15) is 0 Å². The van der Waals surface area contributed by atoms with Crippen LogP contribution in [0.3, 0.4) is 0 Å². The number of aliphatic hydroxyl groups excluding tert-OH is 1. The average molecular weight is 261 g/mol. The Hall–Kier alpha value is -1.74. The van der Waals surface area contributed by atoms with E-state index < -0.39 is 18.0 Å². The monoisotopic (exact) mass is 261 g/mol. The van der Waals surface area contributed by atoms with Crippen LogP contribution >= 0.6 is 0 Å². The van der Waals surface area contributed by atoms with Crippen LogP contribution < -0.4 is 5.73 Å². The Morgan fingerprint density at radius 3 is 2.78 bits per heavy atom. The van der Waals surface area contributed by atoms with E-state index in [0.29, 0.717) is 5.56 Å². The van der Waals surface area contributed by atoms with Crippen molar-refractivity contribution in [2.75, 3.05) is 6.61 Å². The third-order valence-corrected chi connectivity index (χ3v) is 2.34. The number of rotatable bonds is 3. The van der Waals surface area contributed by atoms with Gasteiger partial charge in [0, 0.05) is 30.6 Å². The highest BCUT2D eigenvalue weighted by Gasteiger charge is 2.36. The van der Waals surface area contributed by atoms with Gasteiger partial charge in [0.2, 0.25) is 0 Å². The first kappa shape index (κ1) is 12.7. The van der Waals surface area contributed by atoms with Crippen LogP contribution in [0.15, 0.2) is 12.4 Å². The van der Waals surface area contributed by atoms with E-state index in [1.165, 1.54) is 12.4 Å². The highest BCUT2D eigenvalue weighted by atomic mass is 19.4. The first-order valence-electron chi connectivity index (χ1n) is 5.08. The molecule has 0 spiro atoms. The molecule has 0 bridgehead atoms. The summed E-state index contributed by atoms with van der Waals surface area (Å²) in [5.74, 6) is -1.40. The second kappa shape index (κ2) is 4.50. The highest BCUT2D eigenvalue weighted by Crippen LogP contribution is 2.26. The summed E-state index contributed by atoms with van der Waals surface area (Å²) in [5.41, 5.74) is 6.19. The molecule has 9 heteroatoms. The zero-order chi connectivity index (χ0) is 13.3. The first-order valence-corrected chi connectivity index (χ1v) is 5.08. The molecule has 1 atom stereocenters. The number of nitrogens with zero attached hydrogens (tertiary/aromatic N) is 4. The van der Waals surface area contributed by atoms with Crippen LogP contribution in [0.25, 0.3) is 5.78 Å². The minimum absolute atomic E-state index is 0.121. The molecule has 1 unspecified atom stereocenters. The number of alkyl halides is 3. The molecule has 0 aliphatic heterocycles. The smallest absolute Gasteiger partial charge is 0.396 e. The van der Waals surface area contributed by atoms with Gasteiger partial charge < -0.3 is 10.8 Å². The molecule has 2 rings (SSSR count). The van der Waals surface area contributed by atoms with E-state index in [-0.39, 0.29) is 18.8 Å². The summed E-state index contributed by atoms with van der Waals surface area (Å²) in [7, 11) is 0. The van der Waals surface area contributed by atoms with Crippen molar-refractivity contribution < 1.29 is 18.3 Å². The topological polar surface area (TPSA) is 89.3 Å². The quantitative estimate of drug-likeness (QED) is 0.841. The summed E-state index contributed by atoms with van der Waals surface area (Å²) in [6, 6.07) is -0.509. The minimum atomic E-state index is -4.61. The van der Waals surface area contributed by atoms with Crippen LogP contribution in [-0.4, -0.2) is 31.3 Å². The molecule has 2 aromatic rings. The largest absolute Gasteiger partial charge is 0.453 e. The van der Waals surface area contributed by atoms with E-state index in [0.717, 1.165) is 4.52 Å². The maximum absolute atomic E-state index is 12.4. The van der Waals surface area contributed by atoms with Crippen molar-refractivity contribution in [2.24, 2.45) is 5.73 Å². The molecule has 0 radical (unpaired) electrons. The van der Waals surface area contributed by atoms with E-state index >= 15 is 0 Å². The van der Waals surface area contributed by atoms with Crippen molar-refractivity contribution in [3.05, 3.63) is 23.8 Å². The van der Waals surface area contributed by atoms with Gasteiger partial charge >= 0.3 is 6.18 Å². The maximum atomic E-state index is 12.4. The summed E-state index contributed by atoms with van der Waals surface area (Å²) in [6.45, 7) is -0.121. The number of nitrogens with two attached hydrogens (primary N) is 1. The van der Waals surface area contributed by atoms with Crippen molar-refractivity contribution in [1.82, 2.24) is 19.6 Å². The number of hydrogen-bond acceptors (Lipinski definition) is 5. The van der Waals surface area contributed by atoms with Crippen molar-refractivity contribution in [1.29, 1.82) is 0 Å². The lowest BCUT2D eigenvalue weighted by Crippen LogP contribution is -2.13. The van der Waals surface area contributed by atoms with E-state index in [1.807, 2.05) is 0 Å². The molecular weight excluding hydrogens is 251 g/mol. The fraction of sp³-hybridized carbons (Fsp3) is 0.444. The highest BCUT2D eigenvalue weighted by molar-refractivity contribution is 5.29. The van der Waals surface area contributed by atoms with Crippen molar-refractivity contribution >= 4 is 5.78 Å². The molecule has 0 saturated heterocycles. The molecule has 18 heavy (non-hydrogen) atoms. The van der Waals surface area contributed by atoms with E-state index in [4.69, 9.17) is 10.8 Å². The van der Waals surface area contributed by atoms with Gasteiger partial charge in [0.05, 0.1) is 0 Å². The first-order chi connectivity index (χ1) is 8.41. The number of fused-ring (bicyclic) bond motifs is 1. The summed E-state index contributed by atoms with van der Waals surface area (Å²) in [4.78, 5) is 7.00. The molecule has 2 heterocycles. The molecule has 3 N–H and O–H groups in total. The molecule has 0 amide bonds. The van der Waals surface area contributed by atoms with Crippen LogP contribution in [0.4, 0.5) is 13.2 Å². The van der Waals surface area contributed by atoms with Crippen molar-refractivity contribution in [3.8, 4) is 0 Å². The van der Waals surface area contributed by atoms with Gasteiger partial charge in [-0.2, -0.15) is 18.2 Å². The fourth-order valence-corrected chi connectivity index (χ4v) is 1.41. The van der Waals surface area contributed by atoms with Gasteiger partial charge in [-0.25, -0.2) is 9.50 Å².